The van der Waals surface area contributed by atoms with Gasteiger partial charge in [-0.05, 0) is 43.2 Å². The maximum absolute atomic E-state index is 13.8. The highest BCUT2D eigenvalue weighted by molar-refractivity contribution is 9.10. The second-order valence-corrected chi connectivity index (χ2v) is 7.21. The molecule has 0 saturated carbocycles. The van der Waals surface area contributed by atoms with Crippen LogP contribution in [0.15, 0.2) is 39.7 Å². The van der Waals surface area contributed by atoms with Crippen LogP contribution < -0.4 is 10.5 Å². The number of rotatable bonds is 3. The lowest BCUT2D eigenvalue weighted by atomic mass is 10.1. The molecule has 0 radical (unpaired) electrons. The number of hydrogen-bond donors (Lipinski definition) is 2. The average molecular weight is 373 g/mol. The van der Waals surface area contributed by atoms with Gasteiger partial charge in [0.05, 0.1) is 11.4 Å². The molecule has 0 aliphatic rings. The van der Waals surface area contributed by atoms with Gasteiger partial charge in [0, 0.05) is 4.47 Å². The van der Waals surface area contributed by atoms with Crippen molar-refractivity contribution in [3.63, 3.8) is 0 Å². The zero-order chi connectivity index (χ0) is 15.8. The Kier molecular flexibility index (Phi) is 4.25. The third-order valence-electron chi connectivity index (χ3n) is 3.06. The lowest BCUT2D eigenvalue weighted by molar-refractivity contribution is 0.598. The lowest BCUT2D eigenvalue weighted by Crippen LogP contribution is -2.17. The van der Waals surface area contributed by atoms with E-state index in [4.69, 9.17) is 5.73 Å². The summed E-state index contributed by atoms with van der Waals surface area (Å²) in [5, 5.41) is 0. The van der Waals surface area contributed by atoms with E-state index in [1.54, 1.807) is 32.0 Å². The van der Waals surface area contributed by atoms with Crippen LogP contribution in [0.2, 0.25) is 0 Å². The van der Waals surface area contributed by atoms with Gasteiger partial charge in [-0.15, -0.1) is 0 Å². The minimum Gasteiger partial charge on any atom is -0.397 e. The molecule has 0 atom stereocenters. The summed E-state index contributed by atoms with van der Waals surface area (Å²) in [6.45, 7) is 3.36. The number of hydrogen-bond acceptors (Lipinski definition) is 3. The van der Waals surface area contributed by atoms with Crippen molar-refractivity contribution in [1.29, 1.82) is 0 Å². The van der Waals surface area contributed by atoms with E-state index in [1.165, 1.54) is 12.1 Å². The number of sulfonamides is 1. The van der Waals surface area contributed by atoms with Gasteiger partial charge in [-0.2, -0.15) is 0 Å². The smallest absolute Gasteiger partial charge is 0.264 e. The highest BCUT2D eigenvalue weighted by Gasteiger charge is 2.22. The van der Waals surface area contributed by atoms with E-state index in [0.717, 1.165) is 0 Å². The Morgan fingerprint density at radius 2 is 1.76 bits per heavy atom. The minimum absolute atomic E-state index is 0.0233. The highest BCUT2D eigenvalue weighted by atomic mass is 79.9. The van der Waals surface area contributed by atoms with Crippen LogP contribution >= 0.6 is 15.9 Å². The van der Waals surface area contributed by atoms with Crippen molar-refractivity contribution < 1.29 is 12.8 Å². The molecule has 2 aromatic rings. The summed E-state index contributed by atoms with van der Waals surface area (Å²) < 4.78 is 41.5. The van der Waals surface area contributed by atoms with Crippen LogP contribution in [-0.2, 0) is 10.0 Å². The summed E-state index contributed by atoms with van der Waals surface area (Å²) in [5.41, 5.74) is 7.06. The van der Waals surface area contributed by atoms with E-state index in [2.05, 4.69) is 20.7 Å². The summed E-state index contributed by atoms with van der Waals surface area (Å²) in [5.74, 6) is -0.670. The zero-order valence-corrected chi connectivity index (χ0v) is 13.8. The van der Waals surface area contributed by atoms with Gasteiger partial charge >= 0.3 is 0 Å². The molecule has 21 heavy (non-hydrogen) atoms. The fraction of sp³-hybridized carbons (Fsp3) is 0.143. The van der Waals surface area contributed by atoms with Gasteiger partial charge in [0.1, 0.15) is 10.7 Å². The predicted molar refractivity (Wildman–Crippen MR) is 85.2 cm³/mol. The monoisotopic (exact) mass is 372 g/mol. The summed E-state index contributed by atoms with van der Waals surface area (Å²) in [6, 6.07) is 7.48. The molecule has 0 fully saturated rings. The van der Waals surface area contributed by atoms with E-state index >= 15 is 0 Å². The lowest BCUT2D eigenvalue weighted by Gasteiger charge is -2.14. The normalized spacial score (nSPS) is 11.4. The maximum Gasteiger partial charge on any atom is 0.264 e. The number of nitrogen functional groups attached to an aromatic ring is 1. The predicted octanol–water partition coefficient (Wildman–Crippen LogP) is 3.59. The van der Waals surface area contributed by atoms with E-state index < -0.39 is 15.8 Å². The van der Waals surface area contributed by atoms with Gasteiger partial charge in [0.2, 0.25) is 0 Å². The number of aryl methyl sites for hydroxylation is 2. The summed E-state index contributed by atoms with van der Waals surface area (Å²) in [6.07, 6.45) is 0. The van der Waals surface area contributed by atoms with Gasteiger partial charge in [0.15, 0.2) is 0 Å². The van der Waals surface area contributed by atoms with Crippen molar-refractivity contribution in [3.05, 3.63) is 51.7 Å². The van der Waals surface area contributed by atoms with Crippen LogP contribution in [0, 0.1) is 19.7 Å². The molecule has 0 spiro atoms. The van der Waals surface area contributed by atoms with Crippen LogP contribution in [0.5, 0.6) is 0 Å². The molecular weight excluding hydrogens is 359 g/mol. The number of halogens is 2. The fourth-order valence-electron chi connectivity index (χ4n) is 1.93. The van der Waals surface area contributed by atoms with Gasteiger partial charge in [-0.3, -0.25) is 4.72 Å². The second-order valence-electron chi connectivity index (χ2n) is 4.67. The molecule has 2 aromatic carbocycles. The van der Waals surface area contributed by atoms with Crippen LogP contribution in [0.3, 0.4) is 0 Å². The first kappa shape index (κ1) is 15.8. The van der Waals surface area contributed by atoms with Crippen LogP contribution in [-0.4, -0.2) is 8.42 Å². The van der Waals surface area contributed by atoms with Gasteiger partial charge < -0.3 is 5.73 Å². The number of nitrogens with two attached hydrogens (primary N) is 1. The van der Waals surface area contributed by atoms with E-state index in [1.807, 2.05) is 0 Å². The summed E-state index contributed by atoms with van der Waals surface area (Å²) >= 11 is 3.12. The van der Waals surface area contributed by atoms with Gasteiger partial charge in [-0.25, -0.2) is 12.8 Å². The Morgan fingerprint density at radius 3 is 2.38 bits per heavy atom. The third-order valence-corrected chi connectivity index (χ3v) is 5.12. The molecule has 0 aliphatic heterocycles. The average Bonchev–Trinajstić information content (AvgIpc) is 2.37. The summed E-state index contributed by atoms with van der Waals surface area (Å²) in [7, 11) is -3.96. The summed E-state index contributed by atoms with van der Waals surface area (Å²) in [4.78, 5) is -0.0233. The number of anilines is 2. The van der Waals surface area contributed by atoms with Gasteiger partial charge in [0.25, 0.3) is 10.0 Å². The Morgan fingerprint density at radius 1 is 1.14 bits per heavy atom. The van der Waals surface area contributed by atoms with Crippen LogP contribution in [0.1, 0.15) is 11.1 Å². The molecule has 0 heterocycles. The highest BCUT2D eigenvalue weighted by Crippen LogP contribution is 2.29. The minimum atomic E-state index is -3.96. The van der Waals surface area contributed by atoms with E-state index in [0.29, 0.717) is 15.6 Å². The Hall–Kier alpha value is -1.60. The molecule has 0 aromatic heterocycles. The van der Waals surface area contributed by atoms with Crippen LogP contribution in [0.25, 0.3) is 0 Å². The third kappa shape index (κ3) is 3.19. The van der Waals surface area contributed by atoms with Crippen molar-refractivity contribution >= 4 is 37.3 Å². The Bertz CT molecular complexity index is 807. The Labute approximate surface area is 131 Å². The van der Waals surface area contributed by atoms with Crippen molar-refractivity contribution in [2.75, 3.05) is 10.5 Å². The molecule has 112 valence electrons. The molecule has 4 nitrogen and oxygen atoms in total. The van der Waals surface area contributed by atoms with Crippen molar-refractivity contribution in [2.45, 2.75) is 18.7 Å². The molecule has 0 bridgehead atoms. The maximum atomic E-state index is 13.8. The number of benzene rings is 2. The zero-order valence-electron chi connectivity index (χ0n) is 11.4. The topological polar surface area (TPSA) is 72.2 Å². The standard InChI is InChI=1S/C14H14BrFN2O2S/c1-8-3-4-9(2)14(13(8)17)21(19,20)18-12-6-5-10(15)7-11(12)16/h3-7,18H,17H2,1-2H3. The fourth-order valence-corrected chi connectivity index (χ4v) is 3.76. The molecule has 7 heteroatoms. The molecular formula is C14H14BrFN2O2S. The molecule has 0 aliphatic carbocycles. The van der Waals surface area contributed by atoms with Crippen molar-refractivity contribution in [1.82, 2.24) is 0 Å². The molecule has 0 saturated heterocycles. The van der Waals surface area contributed by atoms with E-state index in [-0.39, 0.29) is 16.3 Å². The van der Waals surface area contributed by atoms with Crippen molar-refractivity contribution in [2.24, 2.45) is 0 Å². The first-order valence-corrected chi connectivity index (χ1v) is 8.33. The largest absolute Gasteiger partial charge is 0.397 e. The first-order chi connectivity index (χ1) is 9.72. The van der Waals surface area contributed by atoms with Crippen LogP contribution in [0.4, 0.5) is 15.8 Å². The molecule has 0 unspecified atom stereocenters. The SMILES string of the molecule is Cc1ccc(C)c(S(=O)(=O)Nc2ccc(Br)cc2F)c1N. The molecule has 3 N–H and O–H groups in total. The second kappa shape index (κ2) is 5.65. The van der Waals surface area contributed by atoms with E-state index in [9.17, 15) is 12.8 Å². The van der Waals surface area contributed by atoms with Gasteiger partial charge in [-0.1, -0.05) is 28.1 Å². The van der Waals surface area contributed by atoms with Crippen molar-refractivity contribution in [3.8, 4) is 0 Å². The number of nitrogens with one attached hydrogen (secondary N) is 1. The molecule has 2 rings (SSSR count). The molecule has 0 amide bonds. The Balaban J connectivity index is 2.51. The first-order valence-electron chi connectivity index (χ1n) is 6.06. The quantitative estimate of drug-likeness (QED) is 0.808.